The number of ether oxygens (including phenoxy) is 5. The lowest BCUT2D eigenvalue weighted by Gasteiger charge is -2.10. The van der Waals surface area contributed by atoms with Crippen molar-refractivity contribution in [2.75, 3.05) is 27.6 Å². The van der Waals surface area contributed by atoms with Gasteiger partial charge >= 0.3 is 12.1 Å². The number of ketones is 1. The number of nitrogens with zero attached hydrogens (tertiary/aromatic N) is 3. The largest absolute Gasteiger partial charge is 0.511 e. The molecule has 0 saturated heterocycles. The molecule has 0 saturated carbocycles. The summed E-state index contributed by atoms with van der Waals surface area (Å²) in [4.78, 5) is 47.5. The number of carbonyl (C=O) groups excluding carboxylic acids is 3. The SMILES string of the molecule is CCCCCCOC(=O)OCOC(=O)c1n[nH]nc1C(=O)c1cc(OC)c(OC)cc1[N+](=O)[O-]. The van der Waals surface area contributed by atoms with Gasteiger partial charge in [0.15, 0.2) is 17.2 Å². The molecule has 1 heterocycles. The number of rotatable bonds is 13. The fourth-order valence-corrected chi connectivity index (χ4v) is 2.79. The van der Waals surface area contributed by atoms with Gasteiger partial charge < -0.3 is 23.7 Å². The Morgan fingerprint density at radius 1 is 0.971 bits per heavy atom. The van der Waals surface area contributed by atoms with E-state index < -0.39 is 52.3 Å². The summed E-state index contributed by atoms with van der Waals surface area (Å²) in [7, 11) is 2.56. The van der Waals surface area contributed by atoms with E-state index in [1.165, 1.54) is 14.2 Å². The van der Waals surface area contributed by atoms with Gasteiger partial charge in [0, 0.05) is 6.07 Å². The number of hydrogen-bond donors (Lipinski definition) is 1. The molecule has 0 amide bonds. The third kappa shape index (κ3) is 6.63. The van der Waals surface area contributed by atoms with Crippen molar-refractivity contribution in [1.82, 2.24) is 15.4 Å². The van der Waals surface area contributed by atoms with Gasteiger partial charge in [-0.3, -0.25) is 14.9 Å². The van der Waals surface area contributed by atoms with E-state index in [1.54, 1.807) is 0 Å². The number of carbonyl (C=O) groups is 3. The second-order valence-corrected chi connectivity index (χ2v) is 6.68. The fourth-order valence-electron chi connectivity index (χ4n) is 2.79. The molecule has 34 heavy (non-hydrogen) atoms. The average Bonchev–Trinajstić information content (AvgIpc) is 3.32. The second-order valence-electron chi connectivity index (χ2n) is 6.68. The summed E-state index contributed by atoms with van der Waals surface area (Å²) in [5.41, 5.74) is -2.13. The summed E-state index contributed by atoms with van der Waals surface area (Å²) in [6.45, 7) is 1.41. The molecule has 1 aromatic carbocycles. The van der Waals surface area contributed by atoms with Crippen LogP contribution >= 0.6 is 0 Å². The van der Waals surface area contributed by atoms with Gasteiger partial charge in [-0.2, -0.15) is 10.3 Å². The van der Waals surface area contributed by atoms with E-state index in [-0.39, 0.29) is 18.1 Å². The molecule has 0 spiro atoms. The molecule has 14 nitrogen and oxygen atoms in total. The smallest absolute Gasteiger partial charge is 0.493 e. The number of hydrogen-bond acceptors (Lipinski definition) is 12. The Labute approximate surface area is 193 Å². The number of aromatic nitrogens is 3. The van der Waals surface area contributed by atoms with E-state index in [0.717, 1.165) is 31.4 Å². The first-order valence-corrected chi connectivity index (χ1v) is 10.2. The third-order valence-electron chi connectivity index (χ3n) is 4.48. The molecule has 0 unspecified atom stereocenters. The van der Waals surface area contributed by atoms with Gasteiger partial charge in [-0.05, 0) is 6.42 Å². The zero-order valence-corrected chi connectivity index (χ0v) is 18.8. The van der Waals surface area contributed by atoms with Crippen LogP contribution in [0.1, 0.15) is 59.1 Å². The molecular formula is C20H24N4O10. The quantitative estimate of drug-likeness (QED) is 0.111. The second kappa shape index (κ2) is 12.7. The predicted octanol–water partition coefficient (Wildman–Crippen LogP) is 2.81. The molecule has 1 aromatic heterocycles. The normalized spacial score (nSPS) is 10.3. The van der Waals surface area contributed by atoms with E-state index in [2.05, 4.69) is 20.1 Å². The molecule has 2 rings (SSSR count). The van der Waals surface area contributed by atoms with E-state index in [0.29, 0.717) is 6.42 Å². The number of methoxy groups -OCH3 is 2. The molecule has 0 bridgehead atoms. The minimum Gasteiger partial charge on any atom is -0.493 e. The van der Waals surface area contributed by atoms with Crippen LogP contribution in [0.25, 0.3) is 0 Å². The topological polar surface area (TPSA) is 182 Å². The first-order valence-electron chi connectivity index (χ1n) is 10.2. The van der Waals surface area contributed by atoms with Gasteiger partial charge in [0.1, 0.15) is 5.56 Å². The van der Waals surface area contributed by atoms with Crippen LogP contribution < -0.4 is 9.47 Å². The monoisotopic (exact) mass is 480 g/mol. The van der Waals surface area contributed by atoms with Crippen LogP contribution in [-0.4, -0.2) is 65.9 Å². The third-order valence-corrected chi connectivity index (χ3v) is 4.48. The molecule has 0 fully saturated rings. The molecule has 1 N–H and O–H groups in total. The Morgan fingerprint density at radius 3 is 2.29 bits per heavy atom. The lowest BCUT2D eigenvalue weighted by Crippen LogP contribution is -2.17. The Kier molecular flexibility index (Phi) is 9.73. The number of nitro groups is 1. The van der Waals surface area contributed by atoms with E-state index in [9.17, 15) is 24.5 Å². The number of H-pyrrole nitrogens is 1. The van der Waals surface area contributed by atoms with Crippen molar-refractivity contribution in [3.8, 4) is 11.5 Å². The zero-order valence-electron chi connectivity index (χ0n) is 18.8. The first kappa shape index (κ1) is 26.0. The van der Waals surface area contributed by atoms with E-state index in [1.807, 2.05) is 6.92 Å². The van der Waals surface area contributed by atoms with Crippen LogP contribution in [0.2, 0.25) is 0 Å². The van der Waals surface area contributed by atoms with E-state index >= 15 is 0 Å². The molecule has 0 aliphatic carbocycles. The summed E-state index contributed by atoms with van der Waals surface area (Å²) >= 11 is 0. The molecule has 14 heteroatoms. The van der Waals surface area contributed by atoms with Crippen LogP contribution in [0, 0.1) is 10.1 Å². The van der Waals surface area contributed by atoms with Crippen LogP contribution in [0.5, 0.6) is 11.5 Å². The lowest BCUT2D eigenvalue weighted by atomic mass is 10.0. The van der Waals surface area contributed by atoms with Crippen molar-refractivity contribution in [2.24, 2.45) is 0 Å². The van der Waals surface area contributed by atoms with Crippen molar-refractivity contribution in [3.05, 3.63) is 39.2 Å². The van der Waals surface area contributed by atoms with Gasteiger partial charge in [-0.1, -0.05) is 26.2 Å². The number of nitro benzene ring substituents is 1. The van der Waals surface area contributed by atoms with Gasteiger partial charge in [0.2, 0.25) is 18.3 Å². The summed E-state index contributed by atoms with van der Waals surface area (Å²) in [6, 6.07) is 2.09. The molecule has 184 valence electrons. The minimum absolute atomic E-state index is 0.0277. The summed E-state index contributed by atoms with van der Waals surface area (Å²) in [5, 5.41) is 20.7. The number of esters is 1. The molecular weight excluding hydrogens is 456 g/mol. The summed E-state index contributed by atoms with van der Waals surface area (Å²) in [6.07, 6.45) is 2.60. The zero-order chi connectivity index (χ0) is 25.1. The summed E-state index contributed by atoms with van der Waals surface area (Å²) in [5.74, 6) is -2.08. The van der Waals surface area contributed by atoms with Crippen LogP contribution in [0.15, 0.2) is 12.1 Å². The van der Waals surface area contributed by atoms with Crippen molar-refractivity contribution in [2.45, 2.75) is 32.6 Å². The predicted molar refractivity (Wildman–Crippen MR) is 113 cm³/mol. The Bertz CT molecular complexity index is 1040. The Morgan fingerprint density at radius 2 is 1.65 bits per heavy atom. The van der Waals surface area contributed by atoms with Crippen molar-refractivity contribution in [3.63, 3.8) is 0 Å². The number of nitrogens with one attached hydrogen (secondary N) is 1. The molecule has 0 aliphatic heterocycles. The standard InChI is InChI=1S/C20H24N4O10/c1-4-5-6-7-8-32-20(27)34-11-33-19(26)17-16(21-23-22-17)18(25)12-9-14(30-2)15(31-3)10-13(12)24(28)29/h9-10H,4-8,11H2,1-3H3,(H,21,22,23). The highest BCUT2D eigenvalue weighted by molar-refractivity contribution is 6.14. The van der Waals surface area contributed by atoms with Crippen LogP contribution in [0.4, 0.5) is 10.5 Å². The van der Waals surface area contributed by atoms with Crippen LogP contribution in [0.3, 0.4) is 0 Å². The van der Waals surface area contributed by atoms with Crippen molar-refractivity contribution < 1.29 is 43.0 Å². The summed E-state index contributed by atoms with van der Waals surface area (Å²) < 4.78 is 24.3. The minimum atomic E-state index is -1.16. The number of unbranched alkanes of at least 4 members (excludes halogenated alkanes) is 3. The fraction of sp³-hybridized carbons (Fsp3) is 0.450. The molecule has 0 aliphatic rings. The number of aromatic amines is 1. The van der Waals surface area contributed by atoms with Gasteiger partial charge in [0.05, 0.1) is 31.8 Å². The maximum atomic E-state index is 13.0. The highest BCUT2D eigenvalue weighted by atomic mass is 16.8. The molecule has 0 radical (unpaired) electrons. The van der Waals surface area contributed by atoms with Crippen LogP contribution in [-0.2, 0) is 14.2 Å². The van der Waals surface area contributed by atoms with Crippen molar-refractivity contribution in [1.29, 1.82) is 0 Å². The Balaban J connectivity index is 2.08. The Hall–Kier alpha value is -4.23. The maximum Gasteiger partial charge on any atom is 0.511 e. The highest BCUT2D eigenvalue weighted by Gasteiger charge is 2.31. The average molecular weight is 480 g/mol. The maximum absolute atomic E-state index is 13.0. The van der Waals surface area contributed by atoms with Gasteiger partial charge in [-0.25, -0.2) is 9.59 Å². The molecule has 0 atom stereocenters. The molecule has 2 aromatic rings. The van der Waals surface area contributed by atoms with E-state index in [4.69, 9.17) is 18.9 Å². The van der Waals surface area contributed by atoms with Gasteiger partial charge in [0.25, 0.3) is 5.69 Å². The first-order chi connectivity index (χ1) is 16.3. The van der Waals surface area contributed by atoms with Gasteiger partial charge in [-0.15, -0.1) is 5.10 Å². The number of benzene rings is 1. The van der Waals surface area contributed by atoms with Crippen molar-refractivity contribution >= 4 is 23.6 Å². The lowest BCUT2D eigenvalue weighted by molar-refractivity contribution is -0.385. The highest BCUT2D eigenvalue weighted by Crippen LogP contribution is 2.35.